The van der Waals surface area contributed by atoms with Gasteiger partial charge in [-0.2, -0.15) is 4.98 Å². The van der Waals surface area contributed by atoms with Gasteiger partial charge in [-0.25, -0.2) is 19.2 Å². The van der Waals surface area contributed by atoms with E-state index in [1.165, 1.54) is 18.5 Å². The number of aromatic nitrogens is 3. The maximum Gasteiger partial charge on any atom is 0.409 e. The lowest BCUT2D eigenvalue weighted by Crippen LogP contribution is -2.40. The highest BCUT2D eigenvalue weighted by molar-refractivity contribution is 5.79. The van der Waals surface area contributed by atoms with Gasteiger partial charge in [-0.05, 0) is 37.5 Å². The first-order valence-corrected chi connectivity index (χ1v) is 9.85. The fourth-order valence-electron chi connectivity index (χ4n) is 3.50. The quantitative estimate of drug-likeness (QED) is 0.701. The van der Waals surface area contributed by atoms with E-state index in [1.807, 2.05) is 0 Å². The molecule has 0 bridgehead atoms. The molecule has 2 aromatic heterocycles. The van der Waals surface area contributed by atoms with Crippen molar-refractivity contribution in [2.75, 3.05) is 25.4 Å². The third-order valence-corrected chi connectivity index (χ3v) is 5.04. The Morgan fingerprint density at radius 1 is 1.30 bits per heavy atom. The van der Waals surface area contributed by atoms with E-state index in [9.17, 15) is 9.18 Å². The molecule has 3 aromatic rings. The predicted octanol–water partition coefficient (Wildman–Crippen LogP) is 2.32. The number of nitrogens with two attached hydrogens (primary N) is 1. The van der Waals surface area contributed by atoms with Crippen molar-refractivity contribution in [3.63, 3.8) is 0 Å². The number of halogens is 1. The van der Waals surface area contributed by atoms with Gasteiger partial charge in [-0.15, -0.1) is 0 Å². The van der Waals surface area contributed by atoms with Gasteiger partial charge in [0.2, 0.25) is 0 Å². The van der Waals surface area contributed by atoms with Gasteiger partial charge in [0, 0.05) is 13.1 Å². The van der Waals surface area contributed by atoms with Crippen LogP contribution in [0.5, 0.6) is 0 Å². The van der Waals surface area contributed by atoms with Crippen LogP contribution >= 0.6 is 0 Å². The number of amides is 1. The summed E-state index contributed by atoms with van der Waals surface area (Å²) in [6, 6.07) is 6.18. The standard InChI is InChI=1S/C20H23FN6O3/c1-2-29-20(28)26-9-7-15(8-10-26)25-19-27(11-13-3-5-14(21)6-4-13)16-17(22)23-12-24-18(16)30-19/h3-6,12,15H,2,7-11H2,1H3,(H2,22,23,24)/b25-19-. The van der Waals surface area contributed by atoms with Crippen LogP contribution in [0.15, 0.2) is 40.0 Å². The first kappa shape index (κ1) is 19.9. The molecular formula is C20H23FN6O3. The number of fused-ring (bicyclic) bond motifs is 1. The van der Waals surface area contributed by atoms with Crippen LogP contribution in [0.4, 0.5) is 15.0 Å². The number of carbonyl (C=O) groups is 1. The van der Waals surface area contributed by atoms with E-state index in [-0.39, 0.29) is 23.8 Å². The van der Waals surface area contributed by atoms with E-state index in [1.54, 1.807) is 28.5 Å². The Hall–Kier alpha value is -3.43. The van der Waals surface area contributed by atoms with Gasteiger partial charge in [0.15, 0.2) is 11.3 Å². The Morgan fingerprint density at radius 3 is 2.73 bits per heavy atom. The summed E-state index contributed by atoms with van der Waals surface area (Å²) >= 11 is 0. The molecule has 30 heavy (non-hydrogen) atoms. The van der Waals surface area contributed by atoms with E-state index < -0.39 is 0 Å². The molecule has 3 heterocycles. The number of ether oxygens (including phenoxy) is 1. The van der Waals surface area contributed by atoms with E-state index in [2.05, 4.69) is 9.97 Å². The Balaban J connectivity index is 1.64. The van der Waals surface area contributed by atoms with Crippen molar-refractivity contribution in [2.45, 2.75) is 32.4 Å². The van der Waals surface area contributed by atoms with Gasteiger partial charge in [-0.1, -0.05) is 12.1 Å². The highest BCUT2D eigenvalue weighted by atomic mass is 19.1. The number of nitrogens with zero attached hydrogens (tertiary/aromatic N) is 5. The summed E-state index contributed by atoms with van der Waals surface area (Å²) in [5.74, 6) is -0.0219. The summed E-state index contributed by atoms with van der Waals surface area (Å²) in [7, 11) is 0. The molecule has 0 radical (unpaired) electrons. The molecule has 0 unspecified atom stereocenters. The van der Waals surface area contributed by atoms with Crippen LogP contribution in [0.25, 0.3) is 11.2 Å². The molecule has 158 valence electrons. The average Bonchev–Trinajstić information content (AvgIpc) is 3.08. The number of anilines is 1. The van der Waals surface area contributed by atoms with E-state index in [0.717, 1.165) is 5.56 Å². The Kier molecular flexibility index (Phi) is 5.64. The molecule has 1 fully saturated rings. The van der Waals surface area contributed by atoms with Crippen molar-refractivity contribution in [2.24, 2.45) is 4.99 Å². The van der Waals surface area contributed by atoms with Crippen LogP contribution in [-0.4, -0.2) is 51.3 Å². The zero-order valence-corrected chi connectivity index (χ0v) is 16.6. The smallest absolute Gasteiger partial charge is 0.409 e. The molecule has 1 aliphatic rings. The maximum atomic E-state index is 13.3. The van der Waals surface area contributed by atoms with Gasteiger partial charge in [0.05, 0.1) is 19.2 Å². The fourth-order valence-corrected chi connectivity index (χ4v) is 3.50. The Bertz CT molecular complexity index is 1100. The number of hydrogen-bond acceptors (Lipinski definition) is 7. The highest BCUT2D eigenvalue weighted by Crippen LogP contribution is 2.19. The van der Waals surface area contributed by atoms with Gasteiger partial charge in [-0.3, -0.25) is 4.57 Å². The summed E-state index contributed by atoms with van der Waals surface area (Å²) in [6.07, 6.45) is 2.42. The van der Waals surface area contributed by atoms with Crippen molar-refractivity contribution in [1.82, 2.24) is 19.4 Å². The number of benzene rings is 1. The Labute approximate surface area is 172 Å². The molecule has 4 rings (SSSR count). The highest BCUT2D eigenvalue weighted by Gasteiger charge is 2.24. The maximum absolute atomic E-state index is 13.3. The monoisotopic (exact) mass is 414 g/mol. The topological polar surface area (TPSA) is 112 Å². The molecule has 1 amide bonds. The SMILES string of the molecule is CCOC(=O)N1CCC(/N=c2\oc3ncnc(N)c3n2Cc2ccc(F)cc2)CC1. The zero-order valence-electron chi connectivity index (χ0n) is 16.6. The fraction of sp³-hybridized carbons (Fsp3) is 0.400. The lowest BCUT2D eigenvalue weighted by molar-refractivity contribution is 0.0971. The first-order valence-electron chi connectivity index (χ1n) is 9.85. The number of nitrogen functional groups attached to an aromatic ring is 1. The third kappa shape index (κ3) is 4.12. The lowest BCUT2D eigenvalue weighted by Gasteiger charge is -2.29. The van der Waals surface area contributed by atoms with Crippen LogP contribution in [0.1, 0.15) is 25.3 Å². The van der Waals surface area contributed by atoms with Crippen molar-refractivity contribution in [3.8, 4) is 0 Å². The molecule has 0 atom stereocenters. The third-order valence-electron chi connectivity index (χ3n) is 5.04. The van der Waals surface area contributed by atoms with Crippen LogP contribution in [0.2, 0.25) is 0 Å². The molecule has 2 N–H and O–H groups in total. The molecule has 1 aliphatic heterocycles. The summed E-state index contributed by atoms with van der Waals surface area (Å²) in [6.45, 7) is 3.65. The van der Waals surface area contributed by atoms with E-state index >= 15 is 0 Å². The molecule has 10 heteroatoms. The number of likely N-dealkylation sites (tertiary alicyclic amines) is 1. The van der Waals surface area contributed by atoms with Crippen LogP contribution in [-0.2, 0) is 11.3 Å². The lowest BCUT2D eigenvalue weighted by atomic mass is 10.1. The van der Waals surface area contributed by atoms with Gasteiger partial charge < -0.3 is 19.8 Å². The summed E-state index contributed by atoms with van der Waals surface area (Å²) in [4.78, 5) is 26.6. The Morgan fingerprint density at radius 2 is 2.03 bits per heavy atom. The summed E-state index contributed by atoms with van der Waals surface area (Å²) < 4.78 is 26.0. The molecule has 0 spiro atoms. The number of hydrogen-bond donors (Lipinski definition) is 1. The summed E-state index contributed by atoms with van der Waals surface area (Å²) in [5, 5.41) is 0. The second-order valence-corrected chi connectivity index (χ2v) is 7.06. The zero-order chi connectivity index (χ0) is 21.1. The average molecular weight is 414 g/mol. The van der Waals surface area contributed by atoms with E-state index in [0.29, 0.717) is 56.0 Å². The van der Waals surface area contributed by atoms with Gasteiger partial charge >= 0.3 is 6.09 Å². The van der Waals surface area contributed by atoms with Gasteiger partial charge in [0.1, 0.15) is 12.1 Å². The normalized spacial score (nSPS) is 15.7. The molecular weight excluding hydrogens is 391 g/mol. The van der Waals surface area contributed by atoms with Crippen LogP contribution in [0.3, 0.4) is 0 Å². The first-order chi connectivity index (χ1) is 14.5. The van der Waals surface area contributed by atoms with Crippen molar-refractivity contribution in [1.29, 1.82) is 0 Å². The van der Waals surface area contributed by atoms with E-state index in [4.69, 9.17) is 19.9 Å². The van der Waals surface area contributed by atoms with Crippen LogP contribution in [0, 0.1) is 5.82 Å². The minimum Gasteiger partial charge on any atom is -0.450 e. The number of rotatable bonds is 4. The summed E-state index contributed by atoms with van der Waals surface area (Å²) in [5.41, 5.74) is 8.19. The molecule has 9 nitrogen and oxygen atoms in total. The second kappa shape index (κ2) is 8.52. The van der Waals surface area contributed by atoms with Crippen molar-refractivity contribution < 1.29 is 18.3 Å². The minimum atomic E-state index is -0.304. The van der Waals surface area contributed by atoms with Gasteiger partial charge in [0.25, 0.3) is 11.4 Å². The predicted molar refractivity (Wildman–Crippen MR) is 107 cm³/mol. The van der Waals surface area contributed by atoms with Crippen molar-refractivity contribution in [3.05, 3.63) is 47.7 Å². The number of carbonyl (C=O) groups excluding carboxylic acids is 1. The molecule has 0 saturated carbocycles. The molecule has 1 aromatic carbocycles. The number of piperidine rings is 1. The molecule has 1 saturated heterocycles. The van der Waals surface area contributed by atoms with Crippen LogP contribution < -0.4 is 11.4 Å². The minimum absolute atomic E-state index is 0.0232. The largest absolute Gasteiger partial charge is 0.450 e. The number of oxazole rings is 1. The second-order valence-electron chi connectivity index (χ2n) is 7.06. The van der Waals surface area contributed by atoms with Crippen molar-refractivity contribution >= 4 is 23.1 Å². The molecule has 0 aliphatic carbocycles.